The van der Waals surface area contributed by atoms with E-state index < -0.39 is 12.7 Å². The van der Waals surface area contributed by atoms with E-state index in [0.29, 0.717) is 17.7 Å². The van der Waals surface area contributed by atoms with Crippen LogP contribution in [-0.2, 0) is 13.5 Å². The standard InChI is InChI=1S/C12H14F2N4O/c1-18-7-8(16-17-18)6-10(15)9-4-2-3-5-11(9)19-12(13)14/h2-5,7,10,12H,6,15H2,1H3. The molecule has 0 spiro atoms. The SMILES string of the molecule is Cn1cc(CC(N)c2ccccc2OC(F)F)nn1. The molecule has 2 aromatic rings. The quantitative estimate of drug-likeness (QED) is 0.895. The first-order chi connectivity index (χ1) is 9.06. The smallest absolute Gasteiger partial charge is 0.387 e. The lowest BCUT2D eigenvalue weighted by Crippen LogP contribution is -2.16. The molecule has 19 heavy (non-hydrogen) atoms. The second-order valence-corrected chi connectivity index (χ2v) is 4.11. The highest BCUT2D eigenvalue weighted by Crippen LogP contribution is 2.26. The van der Waals surface area contributed by atoms with Gasteiger partial charge in [0, 0.05) is 31.3 Å². The van der Waals surface area contributed by atoms with Gasteiger partial charge >= 0.3 is 6.61 Å². The molecule has 1 atom stereocenters. The van der Waals surface area contributed by atoms with Crippen molar-refractivity contribution in [3.63, 3.8) is 0 Å². The Morgan fingerprint density at radius 2 is 2.11 bits per heavy atom. The molecule has 0 fully saturated rings. The van der Waals surface area contributed by atoms with E-state index in [1.165, 1.54) is 6.07 Å². The number of benzene rings is 1. The van der Waals surface area contributed by atoms with Crippen LogP contribution in [0.25, 0.3) is 0 Å². The average Bonchev–Trinajstić information content (AvgIpc) is 2.74. The molecule has 0 aliphatic heterocycles. The van der Waals surface area contributed by atoms with Crippen molar-refractivity contribution in [3.8, 4) is 5.75 Å². The van der Waals surface area contributed by atoms with E-state index in [9.17, 15) is 8.78 Å². The molecule has 2 rings (SSSR count). The first-order valence-corrected chi connectivity index (χ1v) is 5.71. The minimum atomic E-state index is -2.87. The fraction of sp³-hybridized carbons (Fsp3) is 0.333. The number of rotatable bonds is 5. The van der Waals surface area contributed by atoms with Crippen LogP contribution in [0.3, 0.4) is 0 Å². The van der Waals surface area contributed by atoms with E-state index in [0.717, 1.165) is 0 Å². The van der Waals surface area contributed by atoms with Crippen LogP contribution < -0.4 is 10.5 Å². The van der Waals surface area contributed by atoms with Crippen molar-refractivity contribution in [2.75, 3.05) is 0 Å². The summed E-state index contributed by atoms with van der Waals surface area (Å²) in [6.07, 6.45) is 2.13. The predicted molar refractivity (Wildman–Crippen MR) is 64.7 cm³/mol. The van der Waals surface area contributed by atoms with Crippen molar-refractivity contribution in [2.45, 2.75) is 19.1 Å². The number of ether oxygens (including phenoxy) is 1. The lowest BCUT2D eigenvalue weighted by atomic mass is 10.0. The van der Waals surface area contributed by atoms with Crippen molar-refractivity contribution in [1.29, 1.82) is 0 Å². The summed E-state index contributed by atoms with van der Waals surface area (Å²) in [5, 5.41) is 7.71. The Bertz CT molecular complexity index is 544. The minimum absolute atomic E-state index is 0.0916. The van der Waals surface area contributed by atoms with Crippen molar-refractivity contribution in [1.82, 2.24) is 15.0 Å². The number of halogens is 2. The van der Waals surface area contributed by atoms with Crippen LogP contribution in [0.1, 0.15) is 17.3 Å². The van der Waals surface area contributed by atoms with E-state index >= 15 is 0 Å². The van der Waals surface area contributed by atoms with Gasteiger partial charge in [0.1, 0.15) is 5.75 Å². The van der Waals surface area contributed by atoms with E-state index in [-0.39, 0.29) is 5.75 Å². The Morgan fingerprint density at radius 3 is 2.74 bits per heavy atom. The molecular weight excluding hydrogens is 254 g/mol. The summed E-state index contributed by atoms with van der Waals surface area (Å²) in [4.78, 5) is 0. The molecule has 0 bridgehead atoms. The first-order valence-electron chi connectivity index (χ1n) is 5.71. The monoisotopic (exact) mass is 268 g/mol. The molecule has 0 aliphatic carbocycles. The van der Waals surface area contributed by atoms with Gasteiger partial charge in [-0.2, -0.15) is 8.78 Å². The zero-order chi connectivity index (χ0) is 13.8. The van der Waals surface area contributed by atoms with Crippen molar-refractivity contribution in [3.05, 3.63) is 41.7 Å². The van der Waals surface area contributed by atoms with E-state index in [1.54, 1.807) is 36.1 Å². The highest BCUT2D eigenvalue weighted by Gasteiger charge is 2.16. The zero-order valence-electron chi connectivity index (χ0n) is 10.3. The number of para-hydroxylation sites is 1. The second kappa shape index (κ2) is 5.75. The van der Waals surface area contributed by atoms with Gasteiger partial charge in [-0.1, -0.05) is 23.4 Å². The fourth-order valence-corrected chi connectivity index (χ4v) is 1.81. The number of aryl methyl sites for hydroxylation is 1. The van der Waals surface area contributed by atoms with Crippen LogP contribution in [0.4, 0.5) is 8.78 Å². The third kappa shape index (κ3) is 3.47. The van der Waals surface area contributed by atoms with Crippen LogP contribution in [0, 0.1) is 0 Å². The first kappa shape index (κ1) is 13.4. The molecule has 0 radical (unpaired) electrons. The highest BCUT2D eigenvalue weighted by molar-refractivity contribution is 5.36. The van der Waals surface area contributed by atoms with E-state index in [4.69, 9.17) is 5.73 Å². The number of alkyl halides is 2. The Hall–Kier alpha value is -2.02. The summed E-state index contributed by atoms with van der Waals surface area (Å²) in [7, 11) is 1.75. The molecule has 5 nitrogen and oxygen atoms in total. The lowest BCUT2D eigenvalue weighted by molar-refractivity contribution is -0.0506. The summed E-state index contributed by atoms with van der Waals surface area (Å²) in [5.74, 6) is 0.0916. The minimum Gasteiger partial charge on any atom is -0.434 e. The van der Waals surface area contributed by atoms with Crippen molar-refractivity contribution >= 4 is 0 Å². The Kier molecular flexibility index (Phi) is 4.06. The van der Waals surface area contributed by atoms with Gasteiger partial charge in [0.25, 0.3) is 0 Å². The Labute approximate surface area is 109 Å². The largest absolute Gasteiger partial charge is 0.434 e. The maximum atomic E-state index is 12.3. The van der Waals surface area contributed by atoms with Crippen LogP contribution >= 0.6 is 0 Å². The van der Waals surface area contributed by atoms with Gasteiger partial charge < -0.3 is 10.5 Å². The van der Waals surface area contributed by atoms with Gasteiger partial charge in [-0.3, -0.25) is 4.68 Å². The number of aromatic nitrogens is 3. The third-order valence-corrected chi connectivity index (χ3v) is 2.61. The second-order valence-electron chi connectivity index (χ2n) is 4.11. The van der Waals surface area contributed by atoms with Gasteiger partial charge in [-0.25, -0.2) is 0 Å². The third-order valence-electron chi connectivity index (χ3n) is 2.61. The maximum Gasteiger partial charge on any atom is 0.387 e. The Morgan fingerprint density at radius 1 is 1.37 bits per heavy atom. The molecule has 1 aromatic carbocycles. The molecular formula is C12H14F2N4O. The average molecular weight is 268 g/mol. The predicted octanol–water partition coefficient (Wildman–Crippen LogP) is 1.66. The van der Waals surface area contributed by atoms with Crippen LogP contribution in [0.5, 0.6) is 5.75 Å². The molecule has 1 aromatic heterocycles. The van der Waals surface area contributed by atoms with Crippen molar-refractivity contribution < 1.29 is 13.5 Å². The molecule has 2 N–H and O–H groups in total. The molecule has 7 heteroatoms. The number of nitrogens with zero attached hydrogens (tertiary/aromatic N) is 3. The summed E-state index contributed by atoms with van der Waals surface area (Å²) in [6.45, 7) is -2.87. The molecule has 0 aliphatic rings. The number of nitrogens with two attached hydrogens (primary N) is 1. The van der Waals surface area contributed by atoms with Gasteiger partial charge in [-0.15, -0.1) is 5.10 Å². The normalized spacial score (nSPS) is 12.7. The molecule has 0 amide bonds. The summed E-state index contributed by atoms with van der Waals surface area (Å²) < 4.78 is 30.6. The van der Waals surface area contributed by atoms with E-state index in [2.05, 4.69) is 15.0 Å². The highest BCUT2D eigenvalue weighted by atomic mass is 19.3. The molecule has 0 saturated heterocycles. The molecule has 1 heterocycles. The summed E-state index contributed by atoms with van der Waals surface area (Å²) in [6, 6.07) is 6.00. The van der Waals surface area contributed by atoms with Gasteiger partial charge in [0.15, 0.2) is 0 Å². The molecule has 102 valence electrons. The van der Waals surface area contributed by atoms with Crippen LogP contribution in [-0.4, -0.2) is 21.6 Å². The summed E-state index contributed by atoms with van der Waals surface area (Å²) in [5.41, 5.74) is 7.23. The Balaban J connectivity index is 2.16. The number of hydrogen-bond donors (Lipinski definition) is 1. The van der Waals surface area contributed by atoms with Crippen LogP contribution in [0.15, 0.2) is 30.5 Å². The van der Waals surface area contributed by atoms with Gasteiger partial charge in [-0.05, 0) is 6.07 Å². The topological polar surface area (TPSA) is 66.0 Å². The maximum absolute atomic E-state index is 12.3. The fourth-order valence-electron chi connectivity index (χ4n) is 1.81. The zero-order valence-corrected chi connectivity index (χ0v) is 10.3. The summed E-state index contributed by atoms with van der Waals surface area (Å²) >= 11 is 0. The van der Waals surface area contributed by atoms with E-state index in [1.807, 2.05) is 0 Å². The number of hydrogen-bond acceptors (Lipinski definition) is 4. The molecule has 1 unspecified atom stereocenters. The van der Waals surface area contributed by atoms with Gasteiger partial charge in [0.05, 0.1) is 5.69 Å². The molecule has 0 saturated carbocycles. The van der Waals surface area contributed by atoms with Crippen LogP contribution in [0.2, 0.25) is 0 Å². The lowest BCUT2D eigenvalue weighted by Gasteiger charge is -2.15. The van der Waals surface area contributed by atoms with Gasteiger partial charge in [0.2, 0.25) is 0 Å². The van der Waals surface area contributed by atoms with Crippen molar-refractivity contribution in [2.24, 2.45) is 12.8 Å².